The van der Waals surface area contributed by atoms with Gasteiger partial charge >= 0.3 is 6.03 Å². The van der Waals surface area contributed by atoms with Gasteiger partial charge in [-0.1, -0.05) is 11.6 Å². The van der Waals surface area contributed by atoms with Crippen molar-refractivity contribution in [3.63, 3.8) is 0 Å². The van der Waals surface area contributed by atoms with Crippen LogP contribution in [0.5, 0.6) is 0 Å². The molecule has 3 aliphatic heterocycles. The Morgan fingerprint density at radius 1 is 1.32 bits per heavy atom. The smallest absolute Gasteiger partial charge is 0.325 e. The third-order valence-corrected chi connectivity index (χ3v) is 6.03. The van der Waals surface area contributed by atoms with E-state index in [0.717, 1.165) is 11.3 Å². The molecule has 3 aliphatic rings. The zero-order valence-corrected chi connectivity index (χ0v) is 16.4. The number of benzene rings is 1. The maximum Gasteiger partial charge on any atom is 0.325 e. The van der Waals surface area contributed by atoms with Gasteiger partial charge in [-0.05, 0) is 31.0 Å². The van der Waals surface area contributed by atoms with Crippen LogP contribution in [0.4, 0.5) is 10.5 Å². The Kier molecular flexibility index (Phi) is 4.66. The molecule has 0 aliphatic carbocycles. The molecule has 4 rings (SSSR count). The van der Waals surface area contributed by atoms with Gasteiger partial charge in [-0.25, -0.2) is 4.79 Å². The first kappa shape index (κ1) is 18.6. The minimum atomic E-state index is -0.846. The Labute approximate surface area is 168 Å². The van der Waals surface area contributed by atoms with Crippen LogP contribution in [-0.4, -0.2) is 66.3 Å². The summed E-state index contributed by atoms with van der Waals surface area (Å²) in [5, 5.41) is 14.3. The van der Waals surface area contributed by atoms with E-state index in [2.05, 4.69) is 15.5 Å². The monoisotopic (exact) mass is 402 g/mol. The number of carbonyl (C=O) groups is 2. The molecule has 28 heavy (non-hydrogen) atoms. The average molecular weight is 403 g/mol. The van der Waals surface area contributed by atoms with Gasteiger partial charge < -0.3 is 25.8 Å². The van der Waals surface area contributed by atoms with Crippen molar-refractivity contribution in [3.8, 4) is 0 Å². The largest absolute Gasteiger partial charge is 0.371 e. The summed E-state index contributed by atoms with van der Waals surface area (Å²) in [6.45, 7) is 1.50. The van der Waals surface area contributed by atoms with Crippen LogP contribution in [0.1, 0.15) is 18.4 Å². The van der Waals surface area contributed by atoms with E-state index in [1.165, 1.54) is 11.1 Å². The topological polar surface area (TPSA) is 91.8 Å². The second-order valence-corrected chi connectivity index (χ2v) is 7.86. The van der Waals surface area contributed by atoms with Gasteiger partial charge in [-0.3, -0.25) is 9.69 Å². The van der Waals surface area contributed by atoms with Crippen LogP contribution in [0.25, 0.3) is 0 Å². The molecule has 1 unspecified atom stereocenters. The fraction of sp³-hybridized carbons (Fsp3) is 0.421. The van der Waals surface area contributed by atoms with Crippen LogP contribution in [0.15, 0.2) is 30.6 Å². The molecule has 2 fully saturated rings. The number of halogens is 1. The molecule has 3 N–H and O–H groups in total. The van der Waals surface area contributed by atoms with E-state index in [4.69, 9.17) is 17.0 Å². The van der Waals surface area contributed by atoms with Crippen LogP contribution in [0.3, 0.4) is 0 Å². The van der Waals surface area contributed by atoms with Gasteiger partial charge in [0.05, 0.1) is 6.54 Å². The quantitative estimate of drug-likeness (QED) is 0.525. The van der Waals surface area contributed by atoms with Gasteiger partial charge in [0.1, 0.15) is 11.7 Å². The van der Waals surface area contributed by atoms with Crippen molar-refractivity contribution in [2.45, 2.75) is 24.5 Å². The van der Waals surface area contributed by atoms with Gasteiger partial charge in [0.2, 0.25) is 0 Å². The fourth-order valence-corrected chi connectivity index (χ4v) is 4.24. The summed E-state index contributed by atoms with van der Waals surface area (Å²) in [6, 6.07) is 5.09. The highest BCUT2D eigenvalue weighted by molar-refractivity contribution is 6.31. The van der Waals surface area contributed by atoms with Gasteiger partial charge in [-0.15, -0.1) is 0 Å². The normalized spacial score (nSPS) is 23.4. The van der Waals surface area contributed by atoms with Crippen LogP contribution < -0.4 is 15.5 Å². The minimum Gasteiger partial charge on any atom is -0.371 e. The lowest BCUT2D eigenvalue weighted by Gasteiger charge is -2.39. The number of hydrogen-bond acceptors (Lipinski definition) is 6. The number of carbonyl (C=O) groups excluding carboxylic acids is 2. The Hall–Kier alpha value is -2.74. The lowest BCUT2D eigenvalue weighted by Crippen LogP contribution is -2.55. The van der Waals surface area contributed by atoms with Gasteiger partial charge in [-0.2, -0.15) is 0 Å². The van der Waals surface area contributed by atoms with Crippen LogP contribution >= 0.6 is 11.6 Å². The number of urea groups is 1. The summed E-state index contributed by atoms with van der Waals surface area (Å²) in [5.74, 6) is -0.155. The maximum atomic E-state index is 13.1. The maximum absolute atomic E-state index is 13.1. The van der Waals surface area contributed by atoms with E-state index < -0.39 is 5.54 Å². The summed E-state index contributed by atoms with van der Waals surface area (Å²) >= 11 is 6.13. The standard InChI is InChI=1S/C19H23ClN6O2/c1-24-9-6-22-16(24)12-26-17(27)19(23-18(26)28)4-7-25(8-5-19)15-10-14(20)3-2-13(15)11-21/h2-3,6,9-11,16,21-22H,4-5,7-8,12H2,1H3,(H,23,28). The van der Waals surface area contributed by atoms with E-state index in [1.54, 1.807) is 6.07 Å². The summed E-state index contributed by atoms with van der Waals surface area (Å²) in [5.41, 5.74) is 0.821. The first-order valence-electron chi connectivity index (χ1n) is 9.27. The number of imide groups is 1. The molecule has 1 spiro atoms. The van der Waals surface area contributed by atoms with Crippen molar-refractivity contribution in [1.29, 1.82) is 5.41 Å². The molecular weight excluding hydrogens is 380 g/mol. The predicted molar refractivity (Wildman–Crippen MR) is 108 cm³/mol. The number of nitrogens with zero attached hydrogens (tertiary/aromatic N) is 3. The third kappa shape index (κ3) is 3.07. The molecule has 1 aromatic carbocycles. The summed E-state index contributed by atoms with van der Waals surface area (Å²) in [7, 11) is 1.90. The second-order valence-electron chi connectivity index (χ2n) is 7.43. The van der Waals surface area contributed by atoms with Crippen LogP contribution in [-0.2, 0) is 4.79 Å². The average Bonchev–Trinajstić information content (AvgIpc) is 3.19. The van der Waals surface area contributed by atoms with E-state index >= 15 is 0 Å². The summed E-state index contributed by atoms with van der Waals surface area (Å²) < 4.78 is 0. The molecular formula is C19H23ClN6O2. The fourth-order valence-electron chi connectivity index (χ4n) is 4.07. The van der Waals surface area contributed by atoms with Crippen molar-refractivity contribution in [2.24, 2.45) is 0 Å². The molecule has 0 aromatic heterocycles. The van der Waals surface area contributed by atoms with Gasteiger partial charge in [0.25, 0.3) is 5.91 Å². The first-order valence-corrected chi connectivity index (χ1v) is 9.65. The number of piperidine rings is 1. The first-order chi connectivity index (χ1) is 13.4. The molecule has 2 saturated heterocycles. The molecule has 8 nitrogen and oxygen atoms in total. The highest BCUT2D eigenvalue weighted by Gasteiger charge is 2.53. The Morgan fingerprint density at radius 3 is 2.71 bits per heavy atom. The lowest BCUT2D eigenvalue weighted by atomic mass is 9.87. The molecule has 9 heteroatoms. The Balaban J connectivity index is 1.47. The van der Waals surface area contributed by atoms with Crippen molar-refractivity contribution >= 4 is 35.4 Å². The number of nitrogens with one attached hydrogen (secondary N) is 3. The van der Waals surface area contributed by atoms with Crippen LogP contribution in [0.2, 0.25) is 5.02 Å². The predicted octanol–water partition coefficient (Wildman–Crippen LogP) is 1.56. The molecule has 3 heterocycles. The van der Waals surface area contributed by atoms with Crippen molar-refractivity contribution in [1.82, 2.24) is 20.4 Å². The Bertz CT molecular complexity index is 849. The number of anilines is 1. The molecule has 0 bridgehead atoms. The molecule has 3 amide bonds. The van der Waals surface area contributed by atoms with E-state index in [9.17, 15) is 9.59 Å². The number of rotatable bonds is 4. The highest BCUT2D eigenvalue weighted by Crippen LogP contribution is 2.33. The molecule has 0 saturated carbocycles. The molecule has 1 aromatic rings. The molecule has 148 valence electrons. The van der Waals surface area contributed by atoms with Gasteiger partial charge in [0.15, 0.2) is 0 Å². The highest BCUT2D eigenvalue weighted by atomic mass is 35.5. The van der Waals surface area contributed by atoms with E-state index in [1.807, 2.05) is 36.5 Å². The lowest BCUT2D eigenvalue weighted by molar-refractivity contribution is -0.132. The summed E-state index contributed by atoms with van der Waals surface area (Å²) in [4.78, 5) is 31.0. The van der Waals surface area contributed by atoms with E-state index in [-0.39, 0.29) is 18.1 Å². The molecule has 1 atom stereocenters. The zero-order chi connectivity index (χ0) is 19.9. The Morgan fingerprint density at radius 2 is 2.07 bits per heavy atom. The number of amides is 3. The zero-order valence-electron chi connectivity index (χ0n) is 15.6. The van der Waals surface area contributed by atoms with Crippen LogP contribution in [0, 0.1) is 5.41 Å². The van der Waals surface area contributed by atoms with E-state index in [0.29, 0.717) is 37.5 Å². The van der Waals surface area contributed by atoms with Crippen molar-refractivity contribution in [3.05, 3.63) is 41.2 Å². The number of hydrogen-bond donors (Lipinski definition) is 3. The second kappa shape index (κ2) is 7.01. The summed E-state index contributed by atoms with van der Waals surface area (Å²) in [6.07, 6.45) is 5.92. The van der Waals surface area contributed by atoms with Gasteiger partial charge in [0, 0.05) is 55.0 Å². The third-order valence-electron chi connectivity index (χ3n) is 5.80. The van der Waals surface area contributed by atoms with Crippen molar-refractivity contribution in [2.75, 3.05) is 31.6 Å². The minimum absolute atomic E-state index is 0.105. The number of likely N-dealkylation sites (N-methyl/N-ethyl adjacent to an activating group) is 1. The molecule has 0 radical (unpaired) electrons. The SMILES string of the molecule is CN1C=CNC1CN1C(=O)NC2(CCN(c3cc(Cl)ccc3C=N)CC2)C1=O. The van der Waals surface area contributed by atoms with Crippen molar-refractivity contribution < 1.29 is 9.59 Å².